The lowest BCUT2D eigenvalue weighted by atomic mass is 10.0. The first kappa shape index (κ1) is 20.5. The van der Waals surface area contributed by atoms with E-state index in [1.165, 1.54) is 28.2 Å². The van der Waals surface area contributed by atoms with Crippen LogP contribution in [0.2, 0.25) is 0 Å². The second kappa shape index (κ2) is 8.60. The number of rotatable bonds is 4. The van der Waals surface area contributed by atoms with Gasteiger partial charge in [0, 0.05) is 32.6 Å². The molecule has 0 N–H and O–H groups in total. The Bertz CT molecular complexity index is 1290. The molecule has 0 amide bonds. The summed E-state index contributed by atoms with van der Waals surface area (Å²) >= 11 is 0. The summed E-state index contributed by atoms with van der Waals surface area (Å²) in [6.07, 6.45) is 1.79. The molecule has 0 radical (unpaired) electrons. The van der Waals surface area contributed by atoms with E-state index in [4.69, 9.17) is 0 Å². The summed E-state index contributed by atoms with van der Waals surface area (Å²) in [6.45, 7) is 4.21. The molecule has 0 unspecified atom stereocenters. The highest BCUT2D eigenvalue weighted by Crippen LogP contribution is 2.27. The Morgan fingerprint density at radius 1 is 0.812 bits per heavy atom. The van der Waals surface area contributed by atoms with E-state index in [9.17, 15) is 9.59 Å². The number of likely N-dealkylation sites (tertiary alicyclic amines) is 1. The van der Waals surface area contributed by atoms with Crippen LogP contribution >= 0.6 is 0 Å². The van der Waals surface area contributed by atoms with Crippen LogP contribution in [-0.4, -0.2) is 33.0 Å². The van der Waals surface area contributed by atoms with Crippen LogP contribution < -0.4 is 5.69 Å². The highest BCUT2D eigenvalue weighted by atomic mass is 16.2. The van der Waals surface area contributed by atoms with Crippen molar-refractivity contribution in [1.82, 2.24) is 14.0 Å². The van der Waals surface area contributed by atoms with Gasteiger partial charge in [0.1, 0.15) is 0 Å². The lowest BCUT2D eigenvalue weighted by Gasteiger charge is -2.32. The minimum absolute atomic E-state index is 0.115. The molecule has 0 spiro atoms. The molecule has 4 aromatic rings. The molecule has 3 aromatic carbocycles. The molecule has 0 saturated carbocycles. The molecule has 162 valence electrons. The summed E-state index contributed by atoms with van der Waals surface area (Å²) < 4.78 is 3.14. The predicted molar refractivity (Wildman–Crippen MR) is 128 cm³/mol. The van der Waals surface area contributed by atoms with Gasteiger partial charge in [0.2, 0.25) is 5.91 Å². The fourth-order valence-electron chi connectivity index (χ4n) is 4.86. The van der Waals surface area contributed by atoms with Crippen molar-refractivity contribution in [1.29, 1.82) is 0 Å². The van der Waals surface area contributed by atoms with E-state index in [1.807, 2.05) is 34.9 Å². The SMILES string of the molecule is CC(=O)n1c(=O)n(C2CCN(Cc3ccc(-c4ccccc4)cc3)CC2)c2ccccc21. The van der Waals surface area contributed by atoms with Gasteiger partial charge in [0.15, 0.2) is 0 Å². The van der Waals surface area contributed by atoms with Gasteiger partial charge in [-0.1, -0.05) is 66.7 Å². The monoisotopic (exact) mass is 425 g/mol. The van der Waals surface area contributed by atoms with Crippen LogP contribution in [0.4, 0.5) is 0 Å². The van der Waals surface area contributed by atoms with E-state index < -0.39 is 0 Å². The van der Waals surface area contributed by atoms with Gasteiger partial charge in [-0.25, -0.2) is 9.36 Å². The smallest absolute Gasteiger partial charge is 0.299 e. The Morgan fingerprint density at radius 2 is 1.41 bits per heavy atom. The number of aromatic nitrogens is 2. The van der Waals surface area contributed by atoms with Crippen LogP contribution in [0, 0.1) is 0 Å². The number of benzene rings is 3. The quantitative estimate of drug-likeness (QED) is 0.464. The Labute approximate surface area is 187 Å². The number of hydrogen-bond donors (Lipinski definition) is 0. The van der Waals surface area contributed by atoms with Crippen molar-refractivity contribution in [3.63, 3.8) is 0 Å². The van der Waals surface area contributed by atoms with Gasteiger partial charge in [-0.05, 0) is 41.7 Å². The fraction of sp³-hybridized carbons (Fsp3) is 0.259. The Balaban J connectivity index is 1.29. The van der Waals surface area contributed by atoms with E-state index in [1.54, 1.807) is 0 Å². The van der Waals surface area contributed by atoms with Crippen molar-refractivity contribution in [3.8, 4) is 11.1 Å². The van der Waals surface area contributed by atoms with E-state index in [-0.39, 0.29) is 17.6 Å². The van der Waals surface area contributed by atoms with Crippen LogP contribution in [0.25, 0.3) is 22.2 Å². The molecule has 1 aromatic heterocycles. The molecular weight excluding hydrogens is 398 g/mol. The second-order valence-electron chi connectivity index (χ2n) is 8.57. The maximum atomic E-state index is 13.0. The minimum Gasteiger partial charge on any atom is -0.299 e. The third kappa shape index (κ3) is 3.80. The molecule has 5 rings (SSSR count). The van der Waals surface area contributed by atoms with Gasteiger partial charge < -0.3 is 0 Å². The summed E-state index contributed by atoms with van der Waals surface area (Å²) in [6, 6.07) is 26.9. The summed E-state index contributed by atoms with van der Waals surface area (Å²) in [5.74, 6) is -0.235. The zero-order chi connectivity index (χ0) is 22.1. The molecule has 1 fully saturated rings. The fourth-order valence-corrected chi connectivity index (χ4v) is 4.86. The van der Waals surface area contributed by atoms with Gasteiger partial charge >= 0.3 is 5.69 Å². The molecule has 2 heterocycles. The van der Waals surface area contributed by atoms with Crippen LogP contribution in [0.1, 0.15) is 36.2 Å². The third-order valence-electron chi connectivity index (χ3n) is 6.48. The van der Waals surface area contributed by atoms with Crippen molar-refractivity contribution in [3.05, 3.63) is 94.9 Å². The summed E-state index contributed by atoms with van der Waals surface area (Å²) in [5.41, 5.74) is 5.10. The molecular formula is C27H27N3O2. The molecule has 5 nitrogen and oxygen atoms in total. The Morgan fingerprint density at radius 3 is 2.06 bits per heavy atom. The zero-order valence-electron chi connectivity index (χ0n) is 18.3. The number of piperidine rings is 1. The number of carbonyl (C=O) groups is 1. The Kier molecular flexibility index (Phi) is 5.50. The summed E-state index contributed by atoms with van der Waals surface area (Å²) in [5, 5.41) is 0. The lowest BCUT2D eigenvalue weighted by molar-refractivity contribution is 0.0935. The van der Waals surface area contributed by atoms with Crippen molar-refractivity contribution < 1.29 is 4.79 Å². The second-order valence-corrected chi connectivity index (χ2v) is 8.57. The lowest BCUT2D eigenvalue weighted by Crippen LogP contribution is -2.38. The van der Waals surface area contributed by atoms with E-state index >= 15 is 0 Å². The molecule has 1 saturated heterocycles. The number of imidazole rings is 1. The normalized spacial score (nSPS) is 15.3. The molecule has 1 aliphatic rings. The van der Waals surface area contributed by atoms with E-state index in [0.29, 0.717) is 5.52 Å². The average Bonchev–Trinajstić information content (AvgIpc) is 3.12. The first-order valence-corrected chi connectivity index (χ1v) is 11.2. The van der Waals surface area contributed by atoms with Crippen LogP contribution in [0.5, 0.6) is 0 Å². The number of carbonyl (C=O) groups excluding carboxylic acids is 1. The first-order valence-electron chi connectivity index (χ1n) is 11.2. The number of fused-ring (bicyclic) bond motifs is 1. The highest BCUT2D eigenvalue weighted by molar-refractivity contribution is 5.89. The standard InChI is InChI=1S/C27H27N3O2/c1-20(31)29-25-9-5-6-10-26(25)30(27(29)32)24-15-17-28(18-16-24)19-21-11-13-23(14-12-21)22-7-3-2-4-8-22/h2-14,24H,15-19H2,1H3. The molecule has 0 aliphatic carbocycles. The average molecular weight is 426 g/mol. The minimum atomic E-state index is -0.235. The maximum absolute atomic E-state index is 13.0. The topological polar surface area (TPSA) is 47.2 Å². The van der Waals surface area contributed by atoms with Crippen molar-refractivity contribution >= 4 is 16.9 Å². The molecule has 1 aliphatic heterocycles. The largest absolute Gasteiger partial charge is 0.336 e. The van der Waals surface area contributed by atoms with Crippen LogP contribution in [-0.2, 0) is 6.54 Å². The summed E-state index contributed by atoms with van der Waals surface area (Å²) in [4.78, 5) is 27.6. The maximum Gasteiger partial charge on any atom is 0.336 e. The van der Waals surface area contributed by atoms with Crippen LogP contribution in [0.15, 0.2) is 83.7 Å². The molecule has 5 heteroatoms. The Hall–Kier alpha value is -3.44. The molecule has 32 heavy (non-hydrogen) atoms. The van der Waals surface area contributed by atoms with Crippen molar-refractivity contribution in [2.45, 2.75) is 32.4 Å². The van der Waals surface area contributed by atoms with Crippen LogP contribution in [0.3, 0.4) is 0 Å². The van der Waals surface area contributed by atoms with Crippen molar-refractivity contribution in [2.75, 3.05) is 13.1 Å². The van der Waals surface area contributed by atoms with Gasteiger partial charge in [0.25, 0.3) is 0 Å². The molecule has 0 bridgehead atoms. The number of para-hydroxylation sites is 2. The van der Waals surface area contributed by atoms with Gasteiger partial charge in [0.05, 0.1) is 11.0 Å². The van der Waals surface area contributed by atoms with Gasteiger partial charge in [-0.15, -0.1) is 0 Å². The molecule has 0 atom stereocenters. The predicted octanol–water partition coefficient (Wildman–Crippen LogP) is 4.97. The van der Waals surface area contributed by atoms with Gasteiger partial charge in [-0.3, -0.25) is 14.3 Å². The number of nitrogens with zero attached hydrogens (tertiary/aromatic N) is 3. The van der Waals surface area contributed by atoms with E-state index in [2.05, 4.69) is 53.4 Å². The van der Waals surface area contributed by atoms with E-state index in [0.717, 1.165) is 38.0 Å². The number of hydrogen-bond acceptors (Lipinski definition) is 3. The van der Waals surface area contributed by atoms with Crippen molar-refractivity contribution in [2.24, 2.45) is 0 Å². The summed E-state index contributed by atoms with van der Waals surface area (Å²) in [7, 11) is 0. The van der Waals surface area contributed by atoms with Gasteiger partial charge in [-0.2, -0.15) is 0 Å². The zero-order valence-corrected chi connectivity index (χ0v) is 18.3. The highest BCUT2D eigenvalue weighted by Gasteiger charge is 2.26. The third-order valence-corrected chi connectivity index (χ3v) is 6.48. The first-order chi connectivity index (χ1) is 15.6.